The van der Waals surface area contributed by atoms with Gasteiger partial charge in [0.05, 0.1) is 0 Å². The number of rotatable bonds is 0. The Labute approximate surface area is 247 Å². The molecule has 0 aliphatic carbocycles. The lowest BCUT2D eigenvalue weighted by molar-refractivity contribution is 0.469. The first kappa shape index (κ1) is 49.4. The Morgan fingerprint density at radius 1 is 0.256 bits per heavy atom. The summed E-state index contributed by atoms with van der Waals surface area (Å²) in [6.45, 7) is 38.2. The molecule has 39 heavy (non-hydrogen) atoms. The molecule has 0 amide bonds. The van der Waals surface area contributed by atoms with Gasteiger partial charge in [0.25, 0.3) is 0 Å². The predicted octanol–water partition coefficient (Wildman–Crippen LogP) is 12.5. The van der Waals surface area contributed by atoms with Crippen molar-refractivity contribution in [2.24, 2.45) is 16.2 Å². The lowest BCUT2D eigenvalue weighted by Gasteiger charge is -2.05. The third-order valence-electron chi connectivity index (χ3n) is 1.71. The molecule has 3 aromatic rings. The van der Waals surface area contributed by atoms with Crippen LogP contribution in [0.1, 0.15) is 125 Å². The van der Waals surface area contributed by atoms with E-state index < -0.39 is 0 Å². The minimum absolute atomic E-state index is 0.500. The van der Waals surface area contributed by atoms with Gasteiger partial charge < -0.3 is 0 Å². The Hall–Kier alpha value is -2.55. The van der Waals surface area contributed by atoms with Crippen LogP contribution in [0.15, 0.2) is 91.8 Å². The molecule has 0 aliphatic heterocycles. The van der Waals surface area contributed by atoms with Crippen LogP contribution in [0.2, 0.25) is 0 Å². The summed E-state index contributed by atoms with van der Waals surface area (Å²) < 4.78 is 0. The molecule has 2 heterocycles. The third kappa shape index (κ3) is 166. The fourth-order valence-corrected chi connectivity index (χ4v) is 0.951. The van der Waals surface area contributed by atoms with E-state index in [9.17, 15) is 0 Å². The topological polar surface area (TPSA) is 38.7 Å². The number of benzene rings is 1. The second kappa shape index (κ2) is 37.6. The molecule has 0 bridgehead atoms. The van der Waals surface area contributed by atoms with E-state index in [0.29, 0.717) is 16.2 Å². The van der Waals surface area contributed by atoms with Crippen LogP contribution in [-0.4, -0.2) is 15.0 Å². The summed E-state index contributed by atoms with van der Waals surface area (Å²) in [5, 5.41) is 0. The number of nitrogens with zero attached hydrogens (tertiary/aromatic N) is 3. The summed E-state index contributed by atoms with van der Waals surface area (Å²) in [4.78, 5) is 11.2. The van der Waals surface area contributed by atoms with Crippen LogP contribution < -0.4 is 0 Å². The maximum atomic E-state index is 3.78. The summed E-state index contributed by atoms with van der Waals surface area (Å²) in [6.07, 6.45) is 10.1. The highest BCUT2D eigenvalue weighted by molar-refractivity contribution is 4.99. The van der Waals surface area contributed by atoms with Gasteiger partial charge in [0.15, 0.2) is 0 Å². The Bertz CT molecular complexity index is 492. The second-order valence-electron chi connectivity index (χ2n) is 12.1. The molecule has 0 saturated carbocycles. The number of hydrogen-bond donors (Lipinski definition) is 0. The molecule has 0 saturated heterocycles. The van der Waals surface area contributed by atoms with Crippen LogP contribution in [0.3, 0.4) is 0 Å². The van der Waals surface area contributed by atoms with Crippen molar-refractivity contribution in [2.75, 3.05) is 0 Å². The Kier molecular flexibility index (Phi) is 47.6. The van der Waals surface area contributed by atoms with Gasteiger partial charge in [-0.1, -0.05) is 167 Å². The quantitative estimate of drug-likeness (QED) is 0.283. The molecule has 0 unspecified atom stereocenters. The van der Waals surface area contributed by atoms with Crippen molar-refractivity contribution < 1.29 is 0 Å². The zero-order chi connectivity index (χ0) is 32.2. The van der Waals surface area contributed by atoms with Crippen LogP contribution in [0.25, 0.3) is 0 Å². The normalized spacial score (nSPS) is 8.77. The molecule has 0 aliphatic rings. The van der Waals surface area contributed by atoms with E-state index in [1.807, 2.05) is 96.1 Å². The molecule has 1 aromatic carbocycles. The fourth-order valence-electron chi connectivity index (χ4n) is 0.951. The van der Waals surface area contributed by atoms with Gasteiger partial charge in [-0.15, -0.1) is 0 Å². The molecule has 228 valence electrons. The van der Waals surface area contributed by atoms with Crippen molar-refractivity contribution >= 4 is 0 Å². The average Bonchev–Trinajstić information content (AvgIpc) is 2.89. The number of aromatic nitrogens is 3. The SMILES string of the molecule is CC.CC.CC.CC(C)(C)C.CC(C)(C)C.CC(C)(C)C.c1ccccc1.c1ccncc1.c1cnccn1. The van der Waals surface area contributed by atoms with E-state index in [1.54, 1.807) is 37.2 Å². The number of pyridine rings is 1. The number of hydrogen-bond acceptors (Lipinski definition) is 3. The van der Waals surface area contributed by atoms with Crippen molar-refractivity contribution in [2.45, 2.75) is 125 Å². The van der Waals surface area contributed by atoms with Crippen LogP contribution in [0.5, 0.6) is 0 Å². The van der Waals surface area contributed by atoms with Crippen molar-refractivity contribution in [3.05, 3.63) is 91.8 Å². The highest BCUT2D eigenvalue weighted by atomic mass is 14.7. The molecular weight excluding hydrogens is 474 g/mol. The van der Waals surface area contributed by atoms with Gasteiger partial charge >= 0.3 is 0 Å². The Balaban J connectivity index is -0.0000000808. The molecule has 3 nitrogen and oxygen atoms in total. The predicted molar refractivity (Wildman–Crippen MR) is 182 cm³/mol. The molecule has 0 N–H and O–H groups in total. The van der Waals surface area contributed by atoms with Gasteiger partial charge in [-0.2, -0.15) is 0 Å². The standard InChI is InChI=1S/C6H6.C5H5N.3C5H12.C4H4N2.3C2H6/c2*1-2-4-6-5-3-1;3*1-5(2,3)4;1-2-6-4-3-5-1;3*1-2/h1-6H;1-5H;3*1-4H3;1-4H;3*1-2H3. The van der Waals surface area contributed by atoms with E-state index in [4.69, 9.17) is 0 Å². The zero-order valence-electron chi connectivity index (χ0n) is 29.5. The molecule has 3 heteroatoms. The molecule has 0 fully saturated rings. The average molecular weight is 544 g/mol. The summed E-state index contributed by atoms with van der Waals surface area (Å²) in [5.41, 5.74) is 1.50. The third-order valence-corrected chi connectivity index (χ3v) is 1.71. The molecule has 2 aromatic heterocycles. The van der Waals surface area contributed by atoms with Gasteiger partial charge in [0, 0.05) is 37.2 Å². The molecular formula is C36H69N3. The molecule has 0 atom stereocenters. The van der Waals surface area contributed by atoms with Crippen molar-refractivity contribution in [3.63, 3.8) is 0 Å². The zero-order valence-corrected chi connectivity index (χ0v) is 29.5. The maximum Gasteiger partial charge on any atom is 0.0451 e. The molecule has 3 rings (SSSR count). The van der Waals surface area contributed by atoms with E-state index in [-0.39, 0.29) is 0 Å². The second-order valence-corrected chi connectivity index (χ2v) is 12.1. The lowest BCUT2D eigenvalue weighted by Crippen LogP contribution is -1.93. The van der Waals surface area contributed by atoms with E-state index in [2.05, 4.69) is 98.0 Å². The van der Waals surface area contributed by atoms with Crippen LogP contribution in [0.4, 0.5) is 0 Å². The van der Waals surface area contributed by atoms with E-state index in [1.165, 1.54) is 0 Å². The molecule has 0 radical (unpaired) electrons. The van der Waals surface area contributed by atoms with Crippen LogP contribution in [0, 0.1) is 16.2 Å². The largest absolute Gasteiger partial charge is 0.265 e. The van der Waals surface area contributed by atoms with Gasteiger partial charge in [-0.25, -0.2) is 0 Å². The van der Waals surface area contributed by atoms with Gasteiger partial charge in [0.2, 0.25) is 0 Å². The minimum atomic E-state index is 0.500. The van der Waals surface area contributed by atoms with Crippen LogP contribution >= 0.6 is 0 Å². The Morgan fingerprint density at radius 2 is 0.385 bits per heavy atom. The first-order valence-electron chi connectivity index (χ1n) is 14.5. The maximum absolute atomic E-state index is 3.78. The van der Waals surface area contributed by atoms with Gasteiger partial charge in [-0.3, -0.25) is 15.0 Å². The van der Waals surface area contributed by atoms with Crippen LogP contribution in [-0.2, 0) is 0 Å². The van der Waals surface area contributed by atoms with Gasteiger partial charge in [0.1, 0.15) is 0 Å². The lowest BCUT2D eigenvalue weighted by atomic mass is 10.0. The first-order chi connectivity index (χ1) is 18.0. The molecule has 0 spiro atoms. The summed E-state index contributed by atoms with van der Waals surface area (Å²) in [6, 6.07) is 17.7. The van der Waals surface area contributed by atoms with Crippen molar-refractivity contribution in [1.29, 1.82) is 0 Å². The monoisotopic (exact) mass is 544 g/mol. The van der Waals surface area contributed by atoms with Crippen molar-refractivity contribution in [3.8, 4) is 0 Å². The summed E-state index contributed by atoms with van der Waals surface area (Å²) in [7, 11) is 0. The fraction of sp³-hybridized carbons (Fsp3) is 0.583. The van der Waals surface area contributed by atoms with Crippen molar-refractivity contribution in [1.82, 2.24) is 15.0 Å². The van der Waals surface area contributed by atoms with E-state index >= 15 is 0 Å². The van der Waals surface area contributed by atoms with E-state index in [0.717, 1.165) is 0 Å². The highest BCUT2D eigenvalue weighted by Crippen LogP contribution is 2.08. The Morgan fingerprint density at radius 3 is 0.462 bits per heavy atom. The smallest absolute Gasteiger partial charge is 0.0451 e. The van der Waals surface area contributed by atoms with Gasteiger partial charge in [-0.05, 0) is 28.4 Å². The first-order valence-corrected chi connectivity index (χ1v) is 14.5. The highest BCUT2D eigenvalue weighted by Gasteiger charge is 1.96. The summed E-state index contributed by atoms with van der Waals surface area (Å²) in [5.74, 6) is 0. The summed E-state index contributed by atoms with van der Waals surface area (Å²) >= 11 is 0. The minimum Gasteiger partial charge on any atom is -0.265 e.